The number of benzene rings is 1. The number of nitrogens with zero attached hydrogens (tertiary/aromatic N) is 3. The van der Waals surface area contributed by atoms with Gasteiger partial charge in [-0.15, -0.1) is 0 Å². The molecule has 0 saturated carbocycles. The van der Waals surface area contributed by atoms with Gasteiger partial charge in [-0.05, 0) is 23.8 Å². The van der Waals surface area contributed by atoms with E-state index < -0.39 is 5.82 Å². The molecule has 1 unspecified atom stereocenters. The Bertz CT molecular complexity index is 1200. The Morgan fingerprint density at radius 1 is 1.38 bits per heavy atom. The molecule has 1 atom stereocenters. The van der Waals surface area contributed by atoms with Crippen molar-refractivity contribution in [3.63, 3.8) is 0 Å². The molecule has 0 radical (unpaired) electrons. The maximum atomic E-state index is 14.2. The molecular weight excluding hydrogens is 393 g/mol. The fourth-order valence-corrected chi connectivity index (χ4v) is 4.06. The molecule has 0 fully saturated rings. The van der Waals surface area contributed by atoms with Crippen LogP contribution in [0.3, 0.4) is 0 Å². The van der Waals surface area contributed by atoms with E-state index in [0.717, 1.165) is 33.4 Å². The summed E-state index contributed by atoms with van der Waals surface area (Å²) in [6, 6.07) is 4.94. The first-order valence-corrected chi connectivity index (χ1v) is 9.54. The molecular formula is C21H21ClFN5O. The first-order chi connectivity index (χ1) is 13.9. The quantitative estimate of drug-likeness (QED) is 0.509. The zero-order valence-electron chi connectivity index (χ0n) is 16.3. The van der Waals surface area contributed by atoms with Crippen molar-refractivity contribution in [2.24, 2.45) is 12.8 Å². The summed E-state index contributed by atoms with van der Waals surface area (Å²) in [4.78, 5) is 7.74. The predicted molar refractivity (Wildman–Crippen MR) is 112 cm³/mol. The molecule has 29 heavy (non-hydrogen) atoms. The molecule has 0 aliphatic carbocycles. The summed E-state index contributed by atoms with van der Waals surface area (Å²) in [5.74, 6) is -0.155. The minimum atomic E-state index is -0.476. The average Bonchev–Trinajstić information content (AvgIpc) is 3.31. The van der Waals surface area contributed by atoms with Crippen LogP contribution in [0.25, 0.3) is 22.2 Å². The summed E-state index contributed by atoms with van der Waals surface area (Å²) in [6.45, 7) is 2.30. The molecule has 3 N–H and O–H groups in total. The Balaban J connectivity index is 1.87. The van der Waals surface area contributed by atoms with Crippen molar-refractivity contribution in [1.82, 2.24) is 19.7 Å². The smallest absolute Gasteiger partial charge is 0.142 e. The molecule has 150 valence electrons. The van der Waals surface area contributed by atoms with Crippen LogP contribution in [-0.4, -0.2) is 26.9 Å². The summed E-state index contributed by atoms with van der Waals surface area (Å²) in [5, 5.41) is 5.39. The lowest BCUT2D eigenvalue weighted by Crippen LogP contribution is -2.02. The number of hydrogen-bond donors (Lipinski definition) is 2. The van der Waals surface area contributed by atoms with Crippen molar-refractivity contribution in [3.05, 3.63) is 64.5 Å². The number of aromatic amines is 1. The van der Waals surface area contributed by atoms with Crippen LogP contribution in [0.4, 0.5) is 4.39 Å². The zero-order valence-corrected chi connectivity index (χ0v) is 17.1. The predicted octanol–water partition coefficient (Wildman–Crippen LogP) is 4.38. The Morgan fingerprint density at radius 2 is 2.17 bits per heavy atom. The monoisotopic (exact) mass is 413 g/mol. The van der Waals surface area contributed by atoms with Gasteiger partial charge in [0.2, 0.25) is 0 Å². The normalized spacial score (nSPS) is 12.5. The number of aryl methyl sites for hydroxylation is 1. The van der Waals surface area contributed by atoms with E-state index >= 15 is 0 Å². The number of methoxy groups -OCH3 is 1. The van der Waals surface area contributed by atoms with Crippen LogP contribution < -0.4 is 10.5 Å². The number of pyridine rings is 1. The SMILES string of the molecule is COc1ccc(F)c(Cl)c1C(C)c1c[nH]c2ncc(-c3cn(C)nc3CN)cc12. The molecule has 0 amide bonds. The lowest BCUT2D eigenvalue weighted by atomic mass is 9.91. The van der Waals surface area contributed by atoms with Crippen LogP contribution in [-0.2, 0) is 13.6 Å². The van der Waals surface area contributed by atoms with Gasteiger partial charge in [0.1, 0.15) is 17.2 Å². The van der Waals surface area contributed by atoms with E-state index in [1.165, 1.54) is 6.07 Å². The van der Waals surface area contributed by atoms with Crippen molar-refractivity contribution in [1.29, 1.82) is 0 Å². The number of fused-ring (bicyclic) bond motifs is 1. The fraction of sp³-hybridized carbons (Fsp3) is 0.238. The van der Waals surface area contributed by atoms with Crippen LogP contribution in [0.5, 0.6) is 5.75 Å². The molecule has 3 heterocycles. The van der Waals surface area contributed by atoms with Crippen molar-refractivity contribution in [2.45, 2.75) is 19.4 Å². The molecule has 8 heteroatoms. The number of nitrogens with one attached hydrogen (secondary N) is 1. The second kappa shape index (κ2) is 7.50. The maximum Gasteiger partial charge on any atom is 0.142 e. The molecule has 3 aromatic heterocycles. The van der Waals surface area contributed by atoms with E-state index in [0.29, 0.717) is 17.9 Å². The third-order valence-electron chi connectivity index (χ3n) is 5.18. The van der Waals surface area contributed by atoms with Crippen LogP contribution in [0.15, 0.2) is 36.8 Å². The van der Waals surface area contributed by atoms with Gasteiger partial charge in [-0.1, -0.05) is 18.5 Å². The van der Waals surface area contributed by atoms with Gasteiger partial charge < -0.3 is 15.5 Å². The molecule has 0 saturated heterocycles. The Morgan fingerprint density at radius 3 is 2.90 bits per heavy atom. The molecule has 0 spiro atoms. The van der Waals surface area contributed by atoms with Gasteiger partial charge in [-0.2, -0.15) is 5.10 Å². The topological polar surface area (TPSA) is 81.8 Å². The van der Waals surface area contributed by atoms with Gasteiger partial charge in [0.15, 0.2) is 0 Å². The first kappa shape index (κ1) is 19.4. The third kappa shape index (κ3) is 3.26. The van der Waals surface area contributed by atoms with E-state index in [1.807, 2.05) is 32.4 Å². The van der Waals surface area contributed by atoms with E-state index in [4.69, 9.17) is 22.1 Å². The number of aromatic nitrogens is 4. The summed E-state index contributed by atoms with van der Waals surface area (Å²) < 4.78 is 21.3. The Hall–Kier alpha value is -2.90. The van der Waals surface area contributed by atoms with E-state index in [2.05, 4.69) is 15.1 Å². The number of H-pyrrole nitrogens is 1. The second-order valence-corrected chi connectivity index (χ2v) is 7.31. The van der Waals surface area contributed by atoms with E-state index in [9.17, 15) is 4.39 Å². The van der Waals surface area contributed by atoms with Gasteiger partial charge in [0.25, 0.3) is 0 Å². The summed E-state index contributed by atoms with van der Waals surface area (Å²) in [6.07, 6.45) is 5.59. The highest BCUT2D eigenvalue weighted by molar-refractivity contribution is 6.31. The zero-order chi connectivity index (χ0) is 20.7. The number of halogens is 2. The van der Waals surface area contributed by atoms with Crippen molar-refractivity contribution in [2.75, 3.05) is 7.11 Å². The van der Waals surface area contributed by atoms with Gasteiger partial charge in [0, 0.05) is 60.2 Å². The molecule has 4 rings (SSSR count). The van der Waals surface area contributed by atoms with Crippen LogP contribution in [0.1, 0.15) is 29.7 Å². The summed E-state index contributed by atoms with van der Waals surface area (Å²) >= 11 is 6.30. The highest BCUT2D eigenvalue weighted by atomic mass is 35.5. The average molecular weight is 414 g/mol. The standard InChI is InChI=1S/C21H21ClFN5O/c1-11(19-18(29-3)5-4-16(23)20(19)22)14-9-26-21-13(14)6-12(8-25-21)15-10-28(2)27-17(15)7-24/h4-6,8-11H,7,24H2,1-3H3,(H,25,26). The lowest BCUT2D eigenvalue weighted by molar-refractivity contribution is 0.407. The fourth-order valence-electron chi connectivity index (χ4n) is 3.74. The molecule has 0 bridgehead atoms. The Labute approximate surface area is 172 Å². The molecule has 6 nitrogen and oxygen atoms in total. The molecule has 0 aliphatic heterocycles. The highest BCUT2D eigenvalue weighted by Gasteiger charge is 2.23. The summed E-state index contributed by atoms with van der Waals surface area (Å²) in [5.41, 5.74) is 10.8. The molecule has 0 aliphatic rings. The third-order valence-corrected chi connectivity index (χ3v) is 5.57. The van der Waals surface area contributed by atoms with Crippen molar-refractivity contribution >= 4 is 22.6 Å². The van der Waals surface area contributed by atoms with E-state index in [1.54, 1.807) is 24.1 Å². The minimum absolute atomic E-state index is 0.0630. The largest absolute Gasteiger partial charge is 0.496 e. The number of nitrogens with two attached hydrogens (primary N) is 1. The van der Waals surface area contributed by atoms with Gasteiger partial charge in [0.05, 0.1) is 17.8 Å². The summed E-state index contributed by atoms with van der Waals surface area (Å²) in [7, 11) is 3.40. The number of hydrogen-bond acceptors (Lipinski definition) is 4. The molecule has 1 aromatic carbocycles. The number of ether oxygens (including phenoxy) is 1. The maximum absolute atomic E-state index is 14.2. The number of rotatable bonds is 5. The van der Waals surface area contributed by atoms with Gasteiger partial charge >= 0.3 is 0 Å². The lowest BCUT2D eigenvalue weighted by Gasteiger charge is -2.17. The van der Waals surface area contributed by atoms with Crippen molar-refractivity contribution < 1.29 is 9.13 Å². The van der Waals surface area contributed by atoms with Crippen LogP contribution in [0, 0.1) is 5.82 Å². The van der Waals surface area contributed by atoms with E-state index in [-0.39, 0.29) is 10.9 Å². The van der Waals surface area contributed by atoms with Crippen LogP contribution in [0.2, 0.25) is 5.02 Å². The molecule has 4 aromatic rings. The first-order valence-electron chi connectivity index (χ1n) is 9.16. The van der Waals surface area contributed by atoms with Crippen LogP contribution >= 0.6 is 11.6 Å². The minimum Gasteiger partial charge on any atom is -0.496 e. The Kier molecular flexibility index (Phi) is 5.02. The van der Waals surface area contributed by atoms with Gasteiger partial charge in [-0.25, -0.2) is 9.37 Å². The van der Waals surface area contributed by atoms with Gasteiger partial charge in [-0.3, -0.25) is 4.68 Å². The highest BCUT2D eigenvalue weighted by Crippen LogP contribution is 2.41. The van der Waals surface area contributed by atoms with Crippen molar-refractivity contribution in [3.8, 4) is 16.9 Å². The second-order valence-electron chi connectivity index (χ2n) is 6.93.